The van der Waals surface area contributed by atoms with Crippen LogP contribution in [0.15, 0.2) is 24.3 Å². The van der Waals surface area contributed by atoms with Gasteiger partial charge < -0.3 is 14.8 Å². The highest BCUT2D eigenvalue weighted by atomic mass is 16.5. The largest absolute Gasteiger partial charge is 0.491 e. The summed E-state index contributed by atoms with van der Waals surface area (Å²) in [6, 6.07) is 8.28. The molecular formula is C18H29NO2. The highest BCUT2D eigenvalue weighted by molar-refractivity contribution is 5.28. The van der Waals surface area contributed by atoms with Crippen LogP contribution >= 0.6 is 0 Å². The SMILES string of the molecule is CCNCc1cccc(OCCOC2CCC(C)CC2)c1. The molecule has 21 heavy (non-hydrogen) atoms. The number of nitrogens with one attached hydrogen (secondary N) is 1. The van der Waals surface area contributed by atoms with Gasteiger partial charge in [0.25, 0.3) is 0 Å². The first-order valence-electron chi connectivity index (χ1n) is 8.32. The quantitative estimate of drug-likeness (QED) is 0.740. The topological polar surface area (TPSA) is 30.5 Å². The Bertz CT molecular complexity index is 400. The van der Waals surface area contributed by atoms with E-state index in [4.69, 9.17) is 9.47 Å². The van der Waals surface area contributed by atoms with Gasteiger partial charge in [0, 0.05) is 6.54 Å². The average Bonchev–Trinajstić information content (AvgIpc) is 2.52. The van der Waals surface area contributed by atoms with E-state index in [9.17, 15) is 0 Å². The Morgan fingerprint density at radius 1 is 1.14 bits per heavy atom. The fraction of sp³-hybridized carbons (Fsp3) is 0.667. The zero-order chi connectivity index (χ0) is 14.9. The summed E-state index contributed by atoms with van der Waals surface area (Å²) >= 11 is 0. The summed E-state index contributed by atoms with van der Waals surface area (Å²) in [5.74, 6) is 1.81. The van der Waals surface area contributed by atoms with Gasteiger partial charge in [-0.05, 0) is 55.8 Å². The predicted octanol–water partition coefficient (Wildman–Crippen LogP) is 3.77. The van der Waals surface area contributed by atoms with E-state index in [-0.39, 0.29) is 0 Å². The van der Waals surface area contributed by atoms with E-state index >= 15 is 0 Å². The van der Waals surface area contributed by atoms with Crippen LogP contribution in [-0.4, -0.2) is 25.9 Å². The highest BCUT2D eigenvalue weighted by Gasteiger charge is 2.18. The summed E-state index contributed by atoms with van der Waals surface area (Å²) in [5, 5.41) is 3.33. The van der Waals surface area contributed by atoms with Gasteiger partial charge >= 0.3 is 0 Å². The lowest BCUT2D eigenvalue weighted by Crippen LogP contribution is -2.22. The van der Waals surface area contributed by atoms with Gasteiger partial charge in [0.1, 0.15) is 12.4 Å². The van der Waals surface area contributed by atoms with E-state index in [2.05, 4.69) is 31.3 Å². The first-order valence-corrected chi connectivity index (χ1v) is 8.32. The molecule has 1 aromatic rings. The number of benzene rings is 1. The maximum absolute atomic E-state index is 5.91. The molecule has 3 heteroatoms. The van der Waals surface area contributed by atoms with E-state index in [0.717, 1.165) is 24.8 Å². The number of rotatable bonds is 8. The molecule has 0 amide bonds. The molecule has 3 nitrogen and oxygen atoms in total. The van der Waals surface area contributed by atoms with Crippen molar-refractivity contribution in [1.29, 1.82) is 0 Å². The Hall–Kier alpha value is -1.06. The van der Waals surface area contributed by atoms with Crippen molar-refractivity contribution >= 4 is 0 Å². The van der Waals surface area contributed by atoms with Crippen molar-refractivity contribution < 1.29 is 9.47 Å². The molecule has 0 bridgehead atoms. The third-order valence-corrected chi connectivity index (χ3v) is 4.15. The lowest BCUT2D eigenvalue weighted by molar-refractivity contribution is 0.00570. The van der Waals surface area contributed by atoms with E-state index < -0.39 is 0 Å². The van der Waals surface area contributed by atoms with Gasteiger partial charge in [-0.1, -0.05) is 26.0 Å². The molecule has 0 saturated heterocycles. The molecule has 0 heterocycles. The molecule has 2 rings (SSSR count). The van der Waals surface area contributed by atoms with E-state index in [1.807, 2.05) is 12.1 Å². The molecule has 0 aromatic heterocycles. The van der Waals surface area contributed by atoms with Crippen molar-refractivity contribution in [2.75, 3.05) is 19.8 Å². The summed E-state index contributed by atoms with van der Waals surface area (Å²) in [5.41, 5.74) is 1.26. The molecular weight excluding hydrogens is 262 g/mol. The fourth-order valence-corrected chi connectivity index (χ4v) is 2.79. The fourth-order valence-electron chi connectivity index (χ4n) is 2.79. The van der Waals surface area contributed by atoms with Crippen LogP contribution in [0, 0.1) is 5.92 Å². The van der Waals surface area contributed by atoms with Crippen molar-refractivity contribution in [3.8, 4) is 5.75 Å². The highest BCUT2D eigenvalue weighted by Crippen LogP contribution is 2.25. The average molecular weight is 291 g/mol. The summed E-state index contributed by atoms with van der Waals surface area (Å²) in [6.07, 6.45) is 5.47. The Morgan fingerprint density at radius 3 is 2.71 bits per heavy atom. The van der Waals surface area contributed by atoms with Crippen LogP contribution in [0.1, 0.15) is 45.1 Å². The van der Waals surface area contributed by atoms with Crippen LogP contribution in [0.5, 0.6) is 5.75 Å². The molecule has 0 spiro atoms. The smallest absolute Gasteiger partial charge is 0.119 e. The Balaban J connectivity index is 1.64. The van der Waals surface area contributed by atoms with Gasteiger partial charge in [-0.2, -0.15) is 0 Å². The van der Waals surface area contributed by atoms with Crippen molar-refractivity contribution in [2.45, 2.75) is 52.2 Å². The zero-order valence-electron chi connectivity index (χ0n) is 13.4. The lowest BCUT2D eigenvalue weighted by atomic mass is 9.89. The minimum Gasteiger partial charge on any atom is -0.491 e. The second kappa shape index (κ2) is 9.06. The first kappa shape index (κ1) is 16.3. The summed E-state index contributed by atoms with van der Waals surface area (Å²) in [4.78, 5) is 0. The van der Waals surface area contributed by atoms with Crippen molar-refractivity contribution in [3.63, 3.8) is 0 Å². The van der Waals surface area contributed by atoms with Crippen LogP contribution in [-0.2, 0) is 11.3 Å². The molecule has 1 N–H and O–H groups in total. The molecule has 1 aromatic carbocycles. The van der Waals surface area contributed by atoms with Crippen molar-refractivity contribution in [3.05, 3.63) is 29.8 Å². The molecule has 1 aliphatic rings. The molecule has 1 aliphatic carbocycles. The third-order valence-electron chi connectivity index (χ3n) is 4.15. The molecule has 1 fully saturated rings. The van der Waals surface area contributed by atoms with Crippen LogP contribution in [0.25, 0.3) is 0 Å². The lowest BCUT2D eigenvalue weighted by Gasteiger charge is -2.26. The van der Waals surface area contributed by atoms with Crippen LogP contribution < -0.4 is 10.1 Å². The minimum absolute atomic E-state index is 0.449. The van der Waals surface area contributed by atoms with E-state index in [1.54, 1.807) is 0 Å². The van der Waals surface area contributed by atoms with Crippen LogP contribution in [0.4, 0.5) is 0 Å². The number of hydrogen-bond donors (Lipinski definition) is 1. The van der Waals surface area contributed by atoms with Gasteiger partial charge in [-0.15, -0.1) is 0 Å². The summed E-state index contributed by atoms with van der Waals surface area (Å²) < 4.78 is 11.7. The van der Waals surface area contributed by atoms with Crippen LogP contribution in [0.2, 0.25) is 0 Å². The summed E-state index contributed by atoms with van der Waals surface area (Å²) in [7, 11) is 0. The molecule has 118 valence electrons. The van der Waals surface area contributed by atoms with E-state index in [1.165, 1.54) is 31.2 Å². The Morgan fingerprint density at radius 2 is 1.95 bits per heavy atom. The molecule has 0 atom stereocenters. The van der Waals surface area contributed by atoms with Gasteiger partial charge in [-0.3, -0.25) is 0 Å². The zero-order valence-corrected chi connectivity index (χ0v) is 13.4. The van der Waals surface area contributed by atoms with Gasteiger partial charge in [0.2, 0.25) is 0 Å². The second-order valence-corrected chi connectivity index (χ2v) is 6.03. The molecule has 1 saturated carbocycles. The van der Waals surface area contributed by atoms with Gasteiger partial charge in [-0.25, -0.2) is 0 Å². The summed E-state index contributed by atoms with van der Waals surface area (Å²) in [6.45, 7) is 7.65. The van der Waals surface area contributed by atoms with Gasteiger partial charge in [0.05, 0.1) is 12.7 Å². The molecule has 0 aliphatic heterocycles. The molecule has 0 unspecified atom stereocenters. The standard InChI is InChI=1S/C18H29NO2/c1-3-19-14-16-5-4-6-18(13-16)21-12-11-20-17-9-7-15(2)8-10-17/h4-6,13,15,17,19H,3,7-12,14H2,1-2H3. The van der Waals surface area contributed by atoms with Crippen molar-refractivity contribution in [2.24, 2.45) is 5.92 Å². The van der Waals surface area contributed by atoms with Crippen LogP contribution in [0.3, 0.4) is 0 Å². The van der Waals surface area contributed by atoms with Crippen molar-refractivity contribution in [1.82, 2.24) is 5.32 Å². The van der Waals surface area contributed by atoms with Gasteiger partial charge in [0.15, 0.2) is 0 Å². The Labute approximate surface area is 129 Å². The minimum atomic E-state index is 0.449. The predicted molar refractivity (Wildman–Crippen MR) is 86.7 cm³/mol. The normalized spacial score (nSPS) is 22.2. The second-order valence-electron chi connectivity index (χ2n) is 6.03. The number of ether oxygens (including phenoxy) is 2. The molecule has 0 radical (unpaired) electrons. The maximum Gasteiger partial charge on any atom is 0.119 e. The first-order chi connectivity index (χ1) is 10.3. The third kappa shape index (κ3) is 6.06. The maximum atomic E-state index is 5.91. The van der Waals surface area contributed by atoms with E-state index in [0.29, 0.717) is 19.3 Å². The monoisotopic (exact) mass is 291 g/mol. The number of hydrogen-bond acceptors (Lipinski definition) is 3. The Kier molecular flexibility index (Phi) is 7.04.